The first-order valence-electron chi connectivity index (χ1n) is 9.21. The Balaban J connectivity index is 1.54. The van der Waals surface area contributed by atoms with Crippen molar-refractivity contribution in [2.45, 2.75) is 13.0 Å². The lowest BCUT2D eigenvalue weighted by Crippen LogP contribution is -2.38. The molecule has 8 nitrogen and oxygen atoms in total. The summed E-state index contributed by atoms with van der Waals surface area (Å²) in [5, 5.41) is 13.6. The van der Waals surface area contributed by atoms with Gasteiger partial charge in [-0.2, -0.15) is 0 Å². The van der Waals surface area contributed by atoms with Crippen molar-refractivity contribution in [1.82, 2.24) is 9.80 Å². The Morgan fingerprint density at radius 2 is 1.93 bits per heavy atom. The van der Waals surface area contributed by atoms with Crippen LogP contribution in [0.15, 0.2) is 48.5 Å². The molecule has 8 heteroatoms. The molecule has 0 aliphatic carbocycles. The number of urea groups is 1. The molecule has 1 aliphatic rings. The van der Waals surface area contributed by atoms with Gasteiger partial charge in [-0.15, -0.1) is 0 Å². The third kappa shape index (κ3) is 5.20. The largest absolute Gasteiger partial charge is 0.497 e. The maximum absolute atomic E-state index is 12.5. The summed E-state index contributed by atoms with van der Waals surface area (Å²) in [6.07, 6.45) is 0.874. The zero-order valence-corrected chi connectivity index (χ0v) is 15.8. The van der Waals surface area contributed by atoms with Gasteiger partial charge in [-0.25, -0.2) is 4.79 Å². The van der Waals surface area contributed by atoms with Crippen LogP contribution >= 0.6 is 0 Å². The number of anilines is 1. The van der Waals surface area contributed by atoms with Crippen LogP contribution in [0, 0.1) is 10.1 Å². The molecule has 3 rings (SSSR count). The highest BCUT2D eigenvalue weighted by Gasteiger charge is 2.20. The summed E-state index contributed by atoms with van der Waals surface area (Å²) < 4.78 is 5.19. The smallest absolute Gasteiger partial charge is 0.321 e. The van der Waals surface area contributed by atoms with Crippen molar-refractivity contribution < 1.29 is 14.5 Å². The van der Waals surface area contributed by atoms with Gasteiger partial charge in [0.1, 0.15) is 5.75 Å². The number of nitro groups is 1. The molecule has 0 saturated carbocycles. The minimum absolute atomic E-state index is 0.0423. The summed E-state index contributed by atoms with van der Waals surface area (Å²) >= 11 is 0. The van der Waals surface area contributed by atoms with E-state index in [-0.39, 0.29) is 11.7 Å². The second kappa shape index (κ2) is 9.18. The van der Waals surface area contributed by atoms with Crippen LogP contribution < -0.4 is 10.1 Å². The Morgan fingerprint density at radius 1 is 1.14 bits per heavy atom. The fraction of sp³-hybridized carbons (Fsp3) is 0.350. The van der Waals surface area contributed by atoms with Crippen molar-refractivity contribution in [3.8, 4) is 5.75 Å². The number of nitrogens with zero attached hydrogens (tertiary/aromatic N) is 3. The third-order valence-corrected chi connectivity index (χ3v) is 4.75. The predicted molar refractivity (Wildman–Crippen MR) is 107 cm³/mol. The lowest BCUT2D eigenvalue weighted by molar-refractivity contribution is -0.384. The van der Waals surface area contributed by atoms with E-state index in [1.54, 1.807) is 24.1 Å². The minimum atomic E-state index is -0.474. The van der Waals surface area contributed by atoms with Gasteiger partial charge in [0, 0.05) is 50.5 Å². The maximum atomic E-state index is 12.5. The van der Waals surface area contributed by atoms with Gasteiger partial charge in [-0.3, -0.25) is 15.0 Å². The summed E-state index contributed by atoms with van der Waals surface area (Å²) in [4.78, 5) is 27.0. The molecule has 0 radical (unpaired) electrons. The number of nitro benzene ring substituents is 1. The number of benzene rings is 2. The maximum Gasteiger partial charge on any atom is 0.321 e. The average Bonchev–Trinajstić information content (AvgIpc) is 2.94. The van der Waals surface area contributed by atoms with Crippen LogP contribution in [0.3, 0.4) is 0 Å². The highest BCUT2D eigenvalue weighted by Crippen LogP contribution is 2.18. The van der Waals surface area contributed by atoms with Crippen molar-refractivity contribution in [2.24, 2.45) is 0 Å². The Kier molecular flexibility index (Phi) is 6.44. The molecule has 1 aliphatic heterocycles. The highest BCUT2D eigenvalue weighted by atomic mass is 16.6. The topological polar surface area (TPSA) is 88.0 Å². The van der Waals surface area contributed by atoms with E-state index in [2.05, 4.69) is 22.3 Å². The van der Waals surface area contributed by atoms with Crippen molar-refractivity contribution in [1.29, 1.82) is 0 Å². The number of nitrogens with one attached hydrogen (secondary N) is 1. The zero-order chi connectivity index (χ0) is 19.9. The molecule has 148 valence electrons. The second-order valence-electron chi connectivity index (χ2n) is 6.70. The van der Waals surface area contributed by atoms with E-state index in [4.69, 9.17) is 4.74 Å². The van der Waals surface area contributed by atoms with Gasteiger partial charge in [0.05, 0.1) is 12.0 Å². The van der Waals surface area contributed by atoms with Crippen LogP contribution in [0.25, 0.3) is 0 Å². The Labute approximate surface area is 163 Å². The molecule has 28 heavy (non-hydrogen) atoms. The SMILES string of the molecule is COc1ccc(CN2CCCN(C(=O)Nc3cccc([N+](=O)[O-])c3)CC2)cc1. The number of carbonyl (C=O) groups excluding carboxylic acids is 1. The number of rotatable bonds is 5. The number of methoxy groups -OCH3 is 1. The summed E-state index contributed by atoms with van der Waals surface area (Å²) in [5.74, 6) is 0.837. The van der Waals surface area contributed by atoms with Crippen LogP contribution in [0.1, 0.15) is 12.0 Å². The van der Waals surface area contributed by atoms with Gasteiger partial charge >= 0.3 is 6.03 Å². The quantitative estimate of drug-likeness (QED) is 0.631. The van der Waals surface area contributed by atoms with E-state index < -0.39 is 4.92 Å². The normalized spacial score (nSPS) is 15.0. The molecule has 2 aromatic rings. The third-order valence-electron chi connectivity index (χ3n) is 4.75. The van der Waals surface area contributed by atoms with Crippen molar-refractivity contribution in [3.05, 3.63) is 64.2 Å². The summed E-state index contributed by atoms with van der Waals surface area (Å²) in [6, 6.07) is 13.8. The fourth-order valence-electron chi connectivity index (χ4n) is 3.22. The number of non-ortho nitro benzene ring substituents is 1. The van der Waals surface area contributed by atoms with E-state index in [9.17, 15) is 14.9 Å². The molecule has 1 saturated heterocycles. The monoisotopic (exact) mass is 384 g/mol. The Morgan fingerprint density at radius 3 is 2.64 bits per heavy atom. The number of hydrogen-bond donors (Lipinski definition) is 1. The zero-order valence-electron chi connectivity index (χ0n) is 15.8. The first kappa shape index (κ1) is 19.6. The second-order valence-corrected chi connectivity index (χ2v) is 6.70. The molecule has 2 aromatic carbocycles. The summed E-state index contributed by atoms with van der Waals surface area (Å²) in [6.45, 7) is 3.77. The first-order chi connectivity index (χ1) is 13.5. The van der Waals surface area contributed by atoms with Crippen LogP contribution in [0.2, 0.25) is 0 Å². The van der Waals surface area contributed by atoms with Crippen molar-refractivity contribution in [2.75, 3.05) is 38.6 Å². The van der Waals surface area contributed by atoms with E-state index in [1.165, 1.54) is 17.7 Å². The Bertz CT molecular complexity index is 825. The molecule has 0 bridgehead atoms. The van der Waals surface area contributed by atoms with Crippen LogP contribution in [-0.4, -0.2) is 54.0 Å². The Hall–Kier alpha value is -3.13. The molecule has 1 N–H and O–H groups in total. The molecule has 1 heterocycles. The average molecular weight is 384 g/mol. The van der Waals surface area contributed by atoms with Gasteiger partial charge in [0.15, 0.2) is 0 Å². The van der Waals surface area contributed by atoms with Gasteiger partial charge in [0.25, 0.3) is 5.69 Å². The van der Waals surface area contributed by atoms with E-state index in [0.717, 1.165) is 31.8 Å². The number of carbonyl (C=O) groups is 1. The van der Waals surface area contributed by atoms with E-state index in [1.807, 2.05) is 12.1 Å². The lowest BCUT2D eigenvalue weighted by Gasteiger charge is -2.22. The highest BCUT2D eigenvalue weighted by molar-refractivity contribution is 5.89. The minimum Gasteiger partial charge on any atom is -0.497 e. The standard InChI is InChI=1S/C20H24N4O4/c1-28-19-8-6-16(7-9-19)15-22-10-3-11-23(13-12-22)20(25)21-17-4-2-5-18(14-17)24(26)27/h2,4-9,14H,3,10-13,15H2,1H3,(H,21,25). The molecule has 2 amide bonds. The number of amides is 2. The number of hydrogen-bond acceptors (Lipinski definition) is 5. The summed E-state index contributed by atoms with van der Waals surface area (Å²) in [5.41, 5.74) is 1.59. The molecule has 0 unspecified atom stereocenters. The van der Waals surface area contributed by atoms with Crippen LogP contribution in [-0.2, 0) is 6.54 Å². The van der Waals surface area contributed by atoms with Gasteiger partial charge in [0.2, 0.25) is 0 Å². The fourth-order valence-corrected chi connectivity index (χ4v) is 3.22. The van der Waals surface area contributed by atoms with Crippen LogP contribution in [0.4, 0.5) is 16.2 Å². The molecular weight excluding hydrogens is 360 g/mol. The molecule has 0 spiro atoms. The van der Waals surface area contributed by atoms with Crippen LogP contribution in [0.5, 0.6) is 5.75 Å². The molecular formula is C20H24N4O4. The summed E-state index contributed by atoms with van der Waals surface area (Å²) in [7, 11) is 1.65. The first-order valence-corrected chi connectivity index (χ1v) is 9.21. The van der Waals surface area contributed by atoms with E-state index >= 15 is 0 Å². The van der Waals surface area contributed by atoms with Gasteiger partial charge in [-0.1, -0.05) is 18.2 Å². The molecule has 1 fully saturated rings. The van der Waals surface area contributed by atoms with Crippen molar-refractivity contribution >= 4 is 17.4 Å². The lowest BCUT2D eigenvalue weighted by atomic mass is 10.2. The van der Waals surface area contributed by atoms with Crippen molar-refractivity contribution in [3.63, 3.8) is 0 Å². The molecule has 0 aromatic heterocycles. The number of ether oxygens (including phenoxy) is 1. The van der Waals surface area contributed by atoms with Gasteiger partial charge < -0.3 is 15.0 Å². The molecule has 0 atom stereocenters. The van der Waals surface area contributed by atoms with E-state index in [0.29, 0.717) is 18.8 Å². The predicted octanol–water partition coefficient (Wildman–Crippen LogP) is 3.34. The van der Waals surface area contributed by atoms with Gasteiger partial charge in [-0.05, 0) is 30.2 Å².